The molecule has 1 atom stereocenters. The number of urea groups is 1. The molecule has 4 amide bonds. The third-order valence-corrected chi connectivity index (χ3v) is 5.45. The first-order valence-corrected chi connectivity index (χ1v) is 10.5. The maximum absolute atomic E-state index is 12.7. The molecule has 1 fully saturated rings. The number of hydrogen-bond donors (Lipinski definition) is 2. The number of carbonyl (C=O) groups is 3. The molecule has 0 bridgehead atoms. The summed E-state index contributed by atoms with van der Waals surface area (Å²) >= 11 is 0. The van der Waals surface area contributed by atoms with Crippen LogP contribution < -0.4 is 20.1 Å². The zero-order valence-electron chi connectivity index (χ0n) is 18.3. The minimum atomic E-state index is -0.897. The third-order valence-electron chi connectivity index (χ3n) is 5.45. The first-order chi connectivity index (χ1) is 16.0. The molecule has 33 heavy (non-hydrogen) atoms. The van der Waals surface area contributed by atoms with Gasteiger partial charge in [0.25, 0.3) is 5.91 Å². The normalized spacial score (nSPS) is 15.5. The highest BCUT2D eigenvalue weighted by Gasteiger charge is 2.38. The first kappa shape index (κ1) is 22.1. The van der Waals surface area contributed by atoms with E-state index in [1.165, 1.54) is 6.20 Å². The lowest BCUT2D eigenvalue weighted by atomic mass is 10.1. The van der Waals surface area contributed by atoms with E-state index in [9.17, 15) is 14.4 Å². The van der Waals surface area contributed by atoms with E-state index in [1.54, 1.807) is 26.4 Å². The molecule has 1 aromatic heterocycles. The second kappa shape index (κ2) is 9.56. The molecule has 0 aliphatic carbocycles. The summed E-state index contributed by atoms with van der Waals surface area (Å²) in [5.41, 5.74) is 2.21. The molecule has 0 saturated carbocycles. The van der Waals surface area contributed by atoms with Crippen molar-refractivity contribution < 1.29 is 23.9 Å². The lowest BCUT2D eigenvalue weighted by Gasteiger charge is -2.13. The minimum Gasteiger partial charge on any atom is -0.497 e. The molecule has 1 aliphatic heterocycles. The number of methoxy groups -OCH3 is 2. The Morgan fingerprint density at radius 2 is 1.79 bits per heavy atom. The van der Waals surface area contributed by atoms with Crippen LogP contribution in [0.25, 0.3) is 10.9 Å². The number of hydrogen-bond acceptors (Lipinski definition) is 6. The van der Waals surface area contributed by atoms with E-state index in [0.29, 0.717) is 17.9 Å². The highest BCUT2D eigenvalue weighted by Crippen LogP contribution is 2.22. The largest absolute Gasteiger partial charge is 0.497 e. The van der Waals surface area contributed by atoms with Crippen molar-refractivity contribution in [2.45, 2.75) is 18.9 Å². The number of ether oxygens (including phenoxy) is 2. The third kappa shape index (κ3) is 5.03. The van der Waals surface area contributed by atoms with Crippen molar-refractivity contribution in [1.29, 1.82) is 0 Å². The predicted molar refractivity (Wildman–Crippen MR) is 122 cm³/mol. The van der Waals surface area contributed by atoms with Crippen LogP contribution in [-0.2, 0) is 16.0 Å². The smallest absolute Gasteiger partial charge is 0.324 e. The van der Waals surface area contributed by atoms with Crippen molar-refractivity contribution in [2.24, 2.45) is 0 Å². The maximum atomic E-state index is 12.7. The Morgan fingerprint density at radius 1 is 1.06 bits per heavy atom. The maximum Gasteiger partial charge on any atom is 0.324 e. The molecule has 1 aliphatic rings. The van der Waals surface area contributed by atoms with E-state index in [0.717, 1.165) is 27.1 Å². The molecule has 1 unspecified atom stereocenters. The highest BCUT2D eigenvalue weighted by molar-refractivity contribution is 6.07. The monoisotopic (exact) mass is 448 g/mol. The van der Waals surface area contributed by atoms with E-state index in [1.807, 2.05) is 36.4 Å². The molecule has 0 radical (unpaired) electrons. The Bertz CT molecular complexity index is 1200. The zero-order chi connectivity index (χ0) is 23.4. The summed E-state index contributed by atoms with van der Waals surface area (Å²) in [6.07, 6.45) is 1.88. The van der Waals surface area contributed by atoms with E-state index < -0.39 is 18.0 Å². The molecule has 1 saturated heterocycles. The quantitative estimate of drug-likeness (QED) is 0.513. The van der Waals surface area contributed by atoms with Crippen LogP contribution in [0, 0.1) is 0 Å². The fraction of sp³-hybridized carbons (Fsp3) is 0.250. The highest BCUT2D eigenvalue weighted by atomic mass is 16.5. The van der Waals surface area contributed by atoms with E-state index in [-0.39, 0.29) is 18.9 Å². The molecule has 2 N–H and O–H groups in total. The Labute approximate surface area is 190 Å². The van der Waals surface area contributed by atoms with Gasteiger partial charge in [-0.15, -0.1) is 0 Å². The van der Waals surface area contributed by atoms with Gasteiger partial charge < -0.3 is 20.1 Å². The number of benzene rings is 2. The van der Waals surface area contributed by atoms with Gasteiger partial charge in [-0.2, -0.15) is 0 Å². The number of rotatable bonds is 8. The lowest BCUT2D eigenvalue weighted by Crippen LogP contribution is -2.34. The topological polar surface area (TPSA) is 110 Å². The van der Waals surface area contributed by atoms with Crippen LogP contribution in [-0.4, -0.2) is 54.5 Å². The van der Waals surface area contributed by atoms with E-state index in [4.69, 9.17) is 9.47 Å². The Balaban J connectivity index is 1.33. The van der Waals surface area contributed by atoms with Crippen LogP contribution in [0.4, 0.5) is 10.5 Å². The number of nitrogens with one attached hydrogen (secondary N) is 2. The average Bonchev–Trinajstić information content (AvgIpc) is 3.09. The van der Waals surface area contributed by atoms with Crippen LogP contribution in [0.2, 0.25) is 0 Å². The van der Waals surface area contributed by atoms with E-state index in [2.05, 4.69) is 15.6 Å². The van der Waals surface area contributed by atoms with E-state index >= 15 is 0 Å². The van der Waals surface area contributed by atoms with Crippen LogP contribution in [0.3, 0.4) is 0 Å². The average molecular weight is 448 g/mol. The number of amides is 4. The van der Waals surface area contributed by atoms with Crippen molar-refractivity contribution in [3.05, 3.63) is 60.3 Å². The van der Waals surface area contributed by atoms with Gasteiger partial charge >= 0.3 is 6.03 Å². The van der Waals surface area contributed by atoms with Crippen molar-refractivity contribution in [1.82, 2.24) is 15.2 Å². The second-order valence-electron chi connectivity index (χ2n) is 7.62. The van der Waals surface area contributed by atoms with Crippen LogP contribution >= 0.6 is 0 Å². The number of nitrogens with zero attached hydrogens (tertiary/aromatic N) is 2. The molecule has 9 heteroatoms. The summed E-state index contributed by atoms with van der Waals surface area (Å²) in [6, 6.07) is 13.3. The molecule has 2 aromatic carbocycles. The summed E-state index contributed by atoms with van der Waals surface area (Å²) < 4.78 is 10.3. The molecule has 3 aromatic rings. The molecular weight excluding hydrogens is 424 g/mol. The zero-order valence-corrected chi connectivity index (χ0v) is 18.3. The molecule has 2 heterocycles. The Morgan fingerprint density at radius 3 is 2.52 bits per heavy atom. The molecule has 9 nitrogen and oxygen atoms in total. The number of anilines is 1. The summed E-state index contributed by atoms with van der Waals surface area (Å²) in [4.78, 5) is 42.9. The second-order valence-corrected chi connectivity index (χ2v) is 7.62. The van der Waals surface area contributed by atoms with Gasteiger partial charge in [-0.25, -0.2) is 4.79 Å². The fourth-order valence-electron chi connectivity index (χ4n) is 3.65. The van der Waals surface area contributed by atoms with Gasteiger partial charge in [-0.05, 0) is 42.3 Å². The SMILES string of the molecule is COc1ccc(CCN2C(=O)NC(CC(=O)Nc3cnc4cc(OC)ccc4c3)C2=O)cc1. The molecule has 0 spiro atoms. The van der Waals surface area contributed by atoms with Gasteiger partial charge in [-0.3, -0.25) is 19.5 Å². The number of fused-ring (bicyclic) bond motifs is 1. The molecular formula is C24H24N4O5. The molecule has 170 valence electrons. The first-order valence-electron chi connectivity index (χ1n) is 10.5. The van der Waals surface area contributed by atoms with Gasteiger partial charge in [0.1, 0.15) is 17.5 Å². The van der Waals surface area contributed by atoms with Gasteiger partial charge in [0, 0.05) is 18.0 Å². The van der Waals surface area contributed by atoms with Crippen molar-refractivity contribution in [3.8, 4) is 11.5 Å². The van der Waals surface area contributed by atoms with Crippen molar-refractivity contribution in [2.75, 3.05) is 26.1 Å². The van der Waals surface area contributed by atoms with Gasteiger partial charge in [0.2, 0.25) is 5.91 Å². The molecule has 4 rings (SSSR count). The van der Waals surface area contributed by atoms with Crippen molar-refractivity contribution >= 4 is 34.4 Å². The van der Waals surface area contributed by atoms with Gasteiger partial charge in [-0.1, -0.05) is 12.1 Å². The lowest BCUT2D eigenvalue weighted by molar-refractivity contribution is -0.129. The predicted octanol–water partition coefficient (Wildman–Crippen LogP) is 2.74. The van der Waals surface area contributed by atoms with Crippen LogP contribution in [0.5, 0.6) is 11.5 Å². The minimum absolute atomic E-state index is 0.162. The standard InChI is InChI=1S/C24H24N4O5/c1-32-18-6-3-15(4-7-18)9-10-28-23(30)21(27-24(28)31)13-22(29)26-17-11-16-5-8-19(33-2)12-20(16)25-14-17/h3-8,11-12,14,21H,9-10,13H2,1-2H3,(H,26,29)(H,27,31). The number of pyridine rings is 1. The Hall–Kier alpha value is -4.14. The summed E-state index contributed by atoms with van der Waals surface area (Å²) in [5.74, 6) is 0.632. The van der Waals surface area contributed by atoms with Crippen LogP contribution in [0.15, 0.2) is 54.7 Å². The summed E-state index contributed by atoms with van der Waals surface area (Å²) in [6.45, 7) is 0.229. The summed E-state index contributed by atoms with van der Waals surface area (Å²) in [7, 11) is 3.17. The van der Waals surface area contributed by atoms with Gasteiger partial charge in [0.15, 0.2) is 0 Å². The number of aromatic nitrogens is 1. The van der Waals surface area contributed by atoms with Gasteiger partial charge in [0.05, 0.1) is 38.0 Å². The Kier molecular flexibility index (Phi) is 6.39. The van der Waals surface area contributed by atoms with Crippen LogP contribution in [0.1, 0.15) is 12.0 Å². The number of carbonyl (C=O) groups excluding carboxylic acids is 3. The van der Waals surface area contributed by atoms with Crippen molar-refractivity contribution in [3.63, 3.8) is 0 Å². The fourth-order valence-corrected chi connectivity index (χ4v) is 3.65. The number of imide groups is 1. The summed E-state index contributed by atoms with van der Waals surface area (Å²) in [5, 5.41) is 6.17.